The molecule has 0 N–H and O–H groups in total. The summed E-state index contributed by atoms with van der Waals surface area (Å²) >= 11 is 0. The maximum Gasteiger partial charge on any atom is 0.0711 e. The van der Waals surface area contributed by atoms with Crippen LogP contribution in [-0.2, 0) is 26.1 Å². The highest BCUT2D eigenvalue weighted by Gasteiger charge is 2.31. The molecule has 4 heteroatoms. The predicted octanol–water partition coefficient (Wildman–Crippen LogP) is 4.23. The standard InChI is InChI=1S/C30H40N4/c1-3-23-7-4-5-9-29(23)33-16-15-32(21-33)18-24-17-25-19-34(26-12-10-22(2)11-13-26)20-28(25)30-27(24)8-6-14-31-30/h4-5,7-9,17,22,26H,3,6,10-16,18-21H2,1-2H3. The summed E-state index contributed by atoms with van der Waals surface area (Å²) in [4.78, 5) is 13.1. The molecular formula is C30H40N4. The lowest BCUT2D eigenvalue weighted by atomic mass is 9.87. The molecule has 1 aliphatic carbocycles. The third kappa shape index (κ3) is 4.20. The predicted molar refractivity (Wildman–Crippen MR) is 140 cm³/mol. The zero-order valence-electron chi connectivity index (χ0n) is 21.1. The molecule has 34 heavy (non-hydrogen) atoms. The first-order chi connectivity index (χ1) is 16.7. The van der Waals surface area contributed by atoms with Crippen molar-refractivity contribution in [1.82, 2.24) is 9.80 Å². The fourth-order valence-corrected chi connectivity index (χ4v) is 6.76. The van der Waals surface area contributed by atoms with Crippen molar-refractivity contribution in [2.45, 2.75) is 78.0 Å². The molecule has 1 saturated carbocycles. The van der Waals surface area contributed by atoms with Gasteiger partial charge in [-0.25, -0.2) is 0 Å². The van der Waals surface area contributed by atoms with Crippen molar-refractivity contribution in [1.29, 1.82) is 0 Å². The number of hydrogen-bond donors (Lipinski definition) is 0. The molecule has 4 aliphatic rings. The van der Waals surface area contributed by atoms with Crippen molar-refractivity contribution < 1.29 is 0 Å². The van der Waals surface area contributed by atoms with Crippen molar-refractivity contribution in [3.05, 3.63) is 63.2 Å². The number of anilines is 1. The lowest BCUT2D eigenvalue weighted by Crippen LogP contribution is -2.38. The van der Waals surface area contributed by atoms with Gasteiger partial charge < -0.3 is 4.90 Å². The van der Waals surface area contributed by atoms with Gasteiger partial charge in [0.15, 0.2) is 0 Å². The minimum absolute atomic E-state index is 0.765. The average molecular weight is 457 g/mol. The second kappa shape index (κ2) is 9.47. The molecule has 3 heterocycles. The average Bonchev–Trinajstić information content (AvgIpc) is 3.52. The van der Waals surface area contributed by atoms with Crippen LogP contribution in [0.3, 0.4) is 0 Å². The Morgan fingerprint density at radius 3 is 2.71 bits per heavy atom. The van der Waals surface area contributed by atoms with Crippen LogP contribution in [0.15, 0.2) is 35.3 Å². The molecule has 2 aromatic carbocycles. The van der Waals surface area contributed by atoms with E-state index in [0.29, 0.717) is 0 Å². The summed E-state index contributed by atoms with van der Waals surface area (Å²) in [6.45, 7) is 12.2. The first-order valence-electron chi connectivity index (χ1n) is 13.7. The van der Waals surface area contributed by atoms with Gasteiger partial charge in [0.05, 0.1) is 12.0 Å². The topological polar surface area (TPSA) is 22.1 Å². The quantitative estimate of drug-likeness (QED) is 0.672. The molecule has 2 fully saturated rings. The molecule has 0 atom stereocenters. The molecule has 180 valence electrons. The molecule has 3 aliphatic heterocycles. The zero-order chi connectivity index (χ0) is 23.1. The largest absolute Gasteiger partial charge is 0.357 e. The van der Waals surface area contributed by atoms with E-state index in [4.69, 9.17) is 4.99 Å². The van der Waals surface area contributed by atoms with E-state index in [0.717, 1.165) is 70.7 Å². The fraction of sp³-hybridized carbons (Fsp3) is 0.567. The molecule has 0 amide bonds. The number of para-hydroxylation sites is 1. The van der Waals surface area contributed by atoms with E-state index in [1.807, 2.05) is 0 Å². The Balaban J connectivity index is 1.23. The van der Waals surface area contributed by atoms with Crippen LogP contribution in [0, 0.1) is 5.92 Å². The molecule has 0 unspecified atom stereocenters. The number of rotatable bonds is 5. The minimum Gasteiger partial charge on any atom is -0.357 e. The van der Waals surface area contributed by atoms with Crippen LogP contribution in [0.25, 0.3) is 6.08 Å². The molecule has 0 bridgehead atoms. The van der Waals surface area contributed by atoms with Gasteiger partial charge in [-0.1, -0.05) is 44.2 Å². The summed E-state index contributed by atoms with van der Waals surface area (Å²) in [5, 5.41) is 2.77. The van der Waals surface area contributed by atoms with Crippen LogP contribution in [-0.4, -0.2) is 42.1 Å². The third-order valence-electron chi connectivity index (χ3n) is 8.77. The lowest BCUT2D eigenvalue weighted by molar-refractivity contribution is 0.139. The van der Waals surface area contributed by atoms with Gasteiger partial charge in [0.25, 0.3) is 0 Å². The SMILES string of the molecule is CCc1ccccc1N1CCN(Cc2cc3c(c4c2=CCCN=4)CN(C2CCC(C)CC2)C3)C1. The Hall–Kier alpha value is -2.17. The second-order valence-electron chi connectivity index (χ2n) is 11.1. The van der Waals surface area contributed by atoms with Crippen LogP contribution in [0.4, 0.5) is 5.69 Å². The normalized spacial score (nSPS) is 25.1. The lowest BCUT2D eigenvalue weighted by Gasteiger charge is -2.33. The molecule has 6 rings (SSSR count). The maximum absolute atomic E-state index is 5.09. The van der Waals surface area contributed by atoms with Crippen molar-refractivity contribution in [2.75, 3.05) is 31.2 Å². The van der Waals surface area contributed by atoms with E-state index in [1.165, 1.54) is 58.6 Å². The molecule has 2 aromatic rings. The van der Waals surface area contributed by atoms with E-state index in [9.17, 15) is 0 Å². The monoisotopic (exact) mass is 456 g/mol. The Bertz CT molecular complexity index is 1160. The van der Waals surface area contributed by atoms with Gasteiger partial charge in [-0.3, -0.25) is 14.8 Å². The van der Waals surface area contributed by atoms with E-state index < -0.39 is 0 Å². The minimum atomic E-state index is 0.765. The van der Waals surface area contributed by atoms with Crippen molar-refractivity contribution >= 4 is 11.8 Å². The first-order valence-corrected chi connectivity index (χ1v) is 13.7. The Kier molecular flexibility index (Phi) is 6.21. The highest BCUT2D eigenvalue weighted by atomic mass is 15.4. The van der Waals surface area contributed by atoms with Crippen LogP contribution < -0.4 is 15.5 Å². The summed E-state index contributed by atoms with van der Waals surface area (Å²) in [7, 11) is 0. The van der Waals surface area contributed by atoms with Crippen molar-refractivity contribution in [3.63, 3.8) is 0 Å². The number of aryl methyl sites for hydroxylation is 1. The molecular weight excluding hydrogens is 416 g/mol. The second-order valence-corrected chi connectivity index (χ2v) is 11.1. The van der Waals surface area contributed by atoms with Gasteiger partial charge in [-0.05, 0) is 72.8 Å². The van der Waals surface area contributed by atoms with Crippen LogP contribution in [0.1, 0.15) is 68.2 Å². The van der Waals surface area contributed by atoms with E-state index in [2.05, 4.69) is 65.0 Å². The van der Waals surface area contributed by atoms with Gasteiger partial charge in [0.2, 0.25) is 0 Å². The van der Waals surface area contributed by atoms with Gasteiger partial charge in [-0.2, -0.15) is 0 Å². The van der Waals surface area contributed by atoms with E-state index in [-0.39, 0.29) is 0 Å². The van der Waals surface area contributed by atoms with Crippen LogP contribution in [0.2, 0.25) is 0 Å². The smallest absolute Gasteiger partial charge is 0.0711 e. The summed E-state index contributed by atoms with van der Waals surface area (Å²) < 4.78 is 0. The van der Waals surface area contributed by atoms with Gasteiger partial charge in [0, 0.05) is 56.2 Å². The van der Waals surface area contributed by atoms with Crippen molar-refractivity contribution in [3.8, 4) is 0 Å². The Morgan fingerprint density at radius 2 is 1.85 bits per heavy atom. The van der Waals surface area contributed by atoms with Gasteiger partial charge in [0.1, 0.15) is 0 Å². The number of hydrogen-bond acceptors (Lipinski definition) is 4. The van der Waals surface area contributed by atoms with E-state index >= 15 is 0 Å². The highest BCUT2D eigenvalue weighted by molar-refractivity contribution is 5.54. The van der Waals surface area contributed by atoms with Crippen LogP contribution in [0.5, 0.6) is 0 Å². The zero-order valence-corrected chi connectivity index (χ0v) is 21.1. The summed E-state index contributed by atoms with van der Waals surface area (Å²) in [5.41, 5.74) is 7.47. The third-order valence-corrected chi connectivity index (χ3v) is 8.77. The van der Waals surface area contributed by atoms with E-state index in [1.54, 1.807) is 5.56 Å². The number of benzene rings is 2. The fourth-order valence-electron chi connectivity index (χ4n) is 6.76. The highest BCUT2D eigenvalue weighted by Crippen LogP contribution is 2.32. The Labute approximate surface area is 205 Å². The van der Waals surface area contributed by atoms with Gasteiger partial charge in [-0.15, -0.1) is 0 Å². The molecule has 0 aromatic heterocycles. The molecule has 0 radical (unpaired) electrons. The maximum atomic E-state index is 5.09. The summed E-state index contributed by atoms with van der Waals surface area (Å²) in [6, 6.07) is 12.3. The van der Waals surface area contributed by atoms with Gasteiger partial charge >= 0.3 is 0 Å². The Morgan fingerprint density at radius 1 is 1.00 bits per heavy atom. The summed E-state index contributed by atoms with van der Waals surface area (Å²) in [6.07, 6.45) is 10.2. The van der Waals surface area contributed by atoms with Crippen LogP contribution >= 0.6 is 0 Å². The number of nitrogens with zero attached hydrogens (tertiary/aromatic N) is 4. The molecule has 0 spiro atoms. The first kappa shape index (κ1) is 22.3. The van der Waals surface area contributed by atoms with Crippen molar-refractivity contribution in [2.24, 2.45) is 10.9 Å². The molecule has 1 saturated heterocycles. The molecule has 4 nitrogen and oxygen atoms in total. The number of fused-ring (bicyclic) bond motifs is 3. The summed E-state index contributed by atoms with van der Waals surface area (Å²) in [5.74, 6) is 0.912.